The van der Waals surface area contributed by atoms with Crippen LogP contribution in [0.15, 0.2) is 95.3 Å². The van der Waals surface area contributed by atoms with Gasteiger partial charge in [0, 0.05) is 16.5 Å². The lowest BCUT2D eigenvalue weighted by atomic mass is 9.95. The lowest BCUT2D eigenvalue weighted by molar-refractivity contribution is -0.113. The second-order valence-corrected chi connectivity index (χ2v) is 9.59. The van der Waals surface area contributed by atoms with Gasteiger partial charge in [0.2, 0.25) is 11.1 Å². The number of nitrogens with one attached hydrogen (secondary N) is 2. The van der Waals surface area contributed by atoms with E-state index in [0.717, 1.165) is 11.3 Å². The van der Waals surface area contributed by atoms with Gasteiger partial charge >= 0.3 is 0 Å². The molecule has 0 saturated carbocycles. The molecular weight excluding hydrogens is 494 g/mol. The van der Waals surface area contributed by atoms with Crippen molar-refractivity contribution in [2.24, 2.45) is 0 Å². The number of para-hydroxylation sites is 2. The molecule has 1 unspecified atom stereocenters. The van der Waals surface area contributed by atoms with Gasteiger partial charge < -0.3 is 15.4 Å². The minimum atomic E-state index is -0.494. The van der Waals surface area contributed by atoms with E-state index in [1.807, 2.05) is 61.5 Å². The zero-order valence-corrected chi connectivity index (χ0v) is 21.3. The lowest BCUT2D eigenvalue weighted by Gasteiger charge is -2.28. The Morgan fingerprint density at radius 1 is 1.08 bits per heavy atom. The van der Waals surface area contributed by atoms with E-state index in [-0.39, 0.29) is 5.91 Å². The molecule has 4 aromatic rings. The van der Waals surface area contributed by atoms with E-state index in [1.165, 1.54) is 5.56 Å². The van der Waals surface area contributed by atoms with Gasteiger partial charge in [0.25, 0.3) is 5.91 Å². The number of carbonyl (C=O) groups excluding carboxylic acids is 1. The van der Waals surface area contributed by atoms with Gasteiger partial charge in [-0.15, -0.1) is 5.10 Å². The van der Waals surface area contributed by atoms with Crippen molar-refractivity contribution in [3.8, 4) is 5.75 Å². The minimum absolute atomic E-state index is 0.260. The number of hydrogen-bond acceptors (Lipinski definition) is 6. The summed E-state index contributed by atoms with van der Waals surface area (Å²) in [6, 6.07) is 24.4. The van der Waals surface area contributed by atoms with Gasteiger partial charge in [-0.1, -0.05) is 78.0 Å². The fraction of sp³-hybridized carbons (Fsp3) is 0.148. The summed E-state index contributed by atoms with van der Waals surface area (Å²) in [6.07, 6.45) is 0. The first-order valence-electron chi connectivity index (χ1n) is 11.3. The third-order valence-corrected chi connectivity index (χ3v) is 6.99. The van der Waals surface area contributed by atoms with E-state index in [0.29, 0.717) is 38.8 Å². The molecule has 182 valence electrons. The first kappa shape index (κ1) is 24.0. The van der Waals surface area contributed by atoms with Crippen LogP contribution in [0.25, 0.3) is 0 Å². The zero-order valence-electron chi connectivity index (χ0n) is 19.7. The Labute approximate surface area is 218 Å². The quantitative estimate of drug-likeness (QED) is 0.286. The third kappa shape index (κ3) is 4.96. The molecule has 0 bridgehead atoms. The largest absolute Gasteiger partial charge is 0.495 e. The number of aromatic nitrogens is 3. The Morgan fingerprint density at radius 2 is 1.81 bits per heavy atom. The molecule has 36 heavy (non-hydrogen) atoms. The Balaban J connectivity index is 1.50. The molecule has 1 aliphatic heterocycles. The van der Waals surface area contributed by atoms with Crippen LogP contribution in [0.4, 0.5) is 11.6 Å². The molecule has 1 amide bonds. The summed E-state index contributed by atoms with van der Waals surface area (Å²) in [4.78, 5) is 18.4. The van der Waals surface area contributed by atoms with Gasteiger partial charge in [0.15, 0.2) is 0 Å². The van der Waals surface area contributed by atoms with Crippen molar-refractivity contribution < 1.29 is 9.53 Å². The zero-order chi connectivity index (χ0) is 25.1. The first-order chi connectivity index (χ1) is 17.5. The van der Waals surface area contributed by atoms with Crippen LogP contribution in [-0.2, 0) is 10.5 Å². The topological polar surface area (TPSA) is 81.1 Å². The molecule has 2 heterocycles. The van der Waals surface area contributed by atoms with Crippen molar-refractivity contribution in [2.45, 2.75) is 23.9 Å². The van der Waals surface area contributed by atoms with Gasteiger partial charge in [-0.25, -0.2) is 4.68 Å². The molecule has 0 spiro atoms. The van der Waals surface area contributed by atoms with Crippen LogP contribution in [-0.4, -0.2) is 27.8 Å². The number of nitrogens with zero attached hydrogens (tertiary/aromatic N) is 3. The number of allylic oxidation sites excluding steroid dienone is 1. The first-order valence-corrected chi connectivity index (χ1v) is 12.7. The van der Waals surface area contributed by atoms with E-state index < -0.39 is 6.04 Å². The Hall–Kier alpha value is -3.75. The number of ether oxygens (including phenoxy) is 1. The number of halogens is 1. The highest BCUT2D eigenvalue weighted by atomic mass is 35.5. The standard InChI is InChI=1S/C27H24ClN5O2S/c1-17-23(25(34)30-21-10-6-7-11-22(21)35-2)24(19-12-14-20(28)15-13-19)33-26(29-17)31-27(32-33)36-16-18-8-4-3-5-9-18/h3-15,24H,16H2,1-2H3,(H,30,34)(H,29,31,32). The summed E-state index contributed by atoms with van der Waals surface area (Å²) in [5.74, 6) is 1.64. The number of rotatable bonds is 7. The molecule has 0 saturated heterocycles. The molecule has 3 aromatic carbocycles. The number of methoxy groups -OCH3 is 1. The van der Waals surface area contributed by atoms with E-state index in [9.17, 15) is 4.79 Å². The minimum Gasteiger partial charge on any atom is -0.495 e. The number of thioether (sulfide) groups is 1. The highest BCUT2D eigenvalue weighted by Gasteiger charge is 2.34. The normalized spacial score (nSPS) is 14.7. The molecule has 1 aromatic heterocycles. The molecule has 2 N–H and O–H groups in total. The third-order valence-electron chi connectivity index (χ3n) is 5.83. The molecule has 9 heteroatoms. The molecule has 0 fully saturated rings. The van der Waals surface area contributed by atoms with Gasteiger partial charge in [0.05, 0.1) is 18.4 Å². The van der Waals surface area contributed by atoms with Gasteiger partial charge in [0.1, 0.15) is 11.8 Å². The van der Waals surface area contributed by atoms with Crippen molar-refractivity contribution in [1.82, 2.24) is 14.8 Å². The van der Waals surface area contributed by atoms with E-state index in [4.69, 9.17) is 26.4 Å². The van der Waals surface area contributed by atoms with Crippen molar-refractivity contribution in [2.75, 3.05) is 17.7 Å². The van der Waals surface area contributed by atoms with Crippen molar-refractivity contribution in [3.63, 3.8) is 0 Å². The van der Waals surface area contributed by atoms with Crippen molar-refractivity contribution in [3.05, 3.63) is 106 Å². The molecular formula is C27H24ClN5O2S. The summed E-state index contributed by atoms with van der Waals surface area (Å²) in [6.45, 7) is 1.87. The summed E-state index contributed by atoms with van der Waals surface area (Å²) in [5.41, 5.74) is 3.87. The molecule has 0 aliphatic carbocycles. The number of benzene rings is 3. The Morgan fingerprint density at radius 3 is 2.56 bits per heavy atom. The van der Waals surface area contributed by atoms with Gasteiger partial charge in [-0.2, -0.15) is 4.98 Å². The van der Waals surface area contributed by atoms with Crippen LogP contribution in [0, 0.1) is 0 Å². The number of anilines is 2. The number of carbonyl (C=O) groups is 1. The molecule has 5 rings (SSSR count). The average Bonchev–Trinajstić information content (AvgIpc) is 3.30. The molecule has 0 radical (unpaired) electrons. The van der Waals surface area contributed by atoms with E-state index >= 15 is 0 Å². The maximum atomic E-state index is 13.7. The fourth-order valence-electron chi connectivity index (χ4n) is 4.10. The molecule has 1 atom stereocenters. The van der Waals surface area contributed by atoms with Crippen molar-refractivity contribution >= 4 is 40.9 Å². The summed E-state index contributed by atoms with van der Waals surface area (Å²) in [7, 11) is 1.57. The summed E-state index contributed by atoms with van der Waals surface area (Å²) in [5, 5.41) is 12.3. The smallest absolute Gasteiger partial charge is 0.255 e. The lowest BCUT2D eigenvalue weighted by Crippen LogP contribution is -2.31. The highest BCUT2D eigenvalue weighted by molar-refractivity contribution is 7.98. The fourth-order valence-corrected chi connectivity index (χ4v) is 5.01. The van der Waals surface area contributed by atoms with Crippen LogP contribution in [0.1, 0.15) is 24.1 Å². The van der Waals surface area contributed by atoms with Crippen molar-refractivity contribution in [1.29, 1.82) is 0 Å². The predicted octanol–water partition coefficient (Wildman–Crippen LogP) is 6.16. The van der Waals surface area contributed by atoms with Crippen LogP contribution in [0.3, 0.4) is 0 Å². The SMILES string of the molecule is COc1ccccc1NC(=O)C1=C(C)Nc2nc(SCc3ccccc3)nn2C1c1ccc(Cl)cc1. The van der Waals surface area contributed by atoms with E-state index in [2.05, 4.69) is 22.8 Å². The van der Waals surface area contributed by atoms with Crippen LogP contribution >= 0.6 is 23.4 Å². The second-order valence-electron chi connectivity index (χ2n) is 8.21. The Kier molecular flexibility index (Phi) is 6.97. The number of amides is 1. The van der Waals surface area contributed by atoms with Crippen LogP contribution in [0.2, 0.25) is 5.02 Å². The molecule has 1 aliphatic rings. The van der Waals surface area contributed by atoms with E-state index in [1.54, 1.807) is 35.7 Å². The van der Waals surface area contributed by atoms with Gasteiger partial charge in [-0.3, -0.25) is 4.79 Å². The maximum absolute atomic E-state index is 13.7. The van der Waals surface area contributed by atoms with Gasteiger partial charge in [-0.05, 0) is 42.3 Å². The summed E-state index contributed by atoms with van der Waals surface area (Å²) < 4.78 is 7.18. The monoisotopic (exact) mass is 517 g/mol. The predicted molar refractivity (Wildman–Crippen MR) is 144 cm³/mol. The number of fused-ring (bicyclic) bond motifs is 1. The highest BCUT2D eigenvalue weighted by Crippen LogP contribution is 2.38. The Bertz CT molecular complexity index is 1420. The summed E-state index contributed by atoms with van der Waals surface area (Å²) >= 11 is 7.71. The maximum Gasteiger partial charge on any atom is 0.255 e. The van der Waals surface area contributed by atoms with Crippen LogP contribution < -0.4 is 15.4 Å². The number of hydrogen-bond donors (Lipinski definition) is 2. The second kappa shape index (κ2) is 10.5. The molecule has 7 nitrogen and oxygen atoms in total. The van der Waals surface area contributed by atoms with Crippen LogP contribution in [0.5, 0.6) is 5.75 Å². The average molecular weight is 518 g/mol.